The highest BCUT2D eigenvalue weighted by atomic mass is 35.5. The Bertz CT molecular complexity index is 1410. The Kier molecular flexibility index (Phi) is 8.81. The van der Waals surface area contributed by atoms with E-state index in [1.807, 2.05) is 19.2 Å². The summed E-state index contributed by atoms with van der Waals surface area (Å²) in [6, 6.07) is 17.7. The Morgan fingerprint density at radius 1 is 1.15 bits per heavy atom. The Morgan fingerprint density at radius 2 is 1.95 bits per heavy atom. The first-order chi connectivity index (χ1) is 19.0. The van der Waals surface area contributed by atoms with Crippen LogP contribution in [0, 0.1) is 6.92 Å². The summed E-state index contributed by atoms with van der Waals surface area (Å²) in [6.07, 6.45) is 5.67. The molecule has 2 aromatic carbocycles. The van der Waals surface area contributed by atoms with E-state index in [1.165, 1.54) is 0 Å². The summed E-state index contributed by atoms with van der Waals surface area (Å²) >= 11 is 6.40. The fourth-order valence-corrected chi connectivity index (χ4v) is 5.12. The topological polar surface area (TPSA) is 68.1 Å². The molecule has 0 radical (unpaired) electrons. The number of carbonyl (C=O) groups is 1. The van der Waals surface area contributed by atoms with Gasteiger partial charge in [-0.2, -0.15) is 0 Å². The predicted octanol–water partition coefficient (Wildman–Crippen LogP) is 5.43. The molecule has 3 heterocycles. The maximum atomic E-state index is 13.3. The van der Waals surface area contributed by atoms with Crippen molar-refractivity contribution in [2.24, 2.45) is 0 Å². The molecule has 1 aliphatic heterocycles. The normalized spacial score (nSPS) is 14.8. The fraction of sp³-hybridized carbons (Fsp3) is 0.355. The molecule has 1 saturated heterocycles. The van der Waals surface area contributed by atoms with E-state index in [0.29, 0.717) is 42.6 Å². The van der Waals surface area contributed by atoms with Gasteiger partial charge in [0, 0.05) is 49.2 Å². The average Bonchev–Trinajstić information content (AvgIpc) is 3.39. The zero-order valence-corrected chi connectivity index (χ0v) is 23.3. The first-order valence-electron chi connectivity index (χ1n) is 13.6. The number of fused-ring (bicyclic) bond motifs is 1. The average molecular weight is 547 g/mol. The molecule has 0 spiro atoms. The summed E-state index contributed by atoms with van der Waals surface area (Å²) in [5, 5.41) is 3.70. The molecule has 1 N–H and O–H groups in total. The monoisotopic (exact) mass is 546 g/mol. The van der Waals surface area contributed by atoms with Crippen LogP contribution in [0.15, 0.2) is 67.0 Å². The largest absolute Gasteiger partial charge is 0.492 e. The SMILES string of the molecule is CCCOc1ccc(C(=O)N[C@@H](Cc2ccc(-c3cn4cccc(C)c4n3)cc2)CN2CCOCC2)cc1Cl. The number of aryl methyl sites for hydroxylation is 1. The van der Waals surface area contributed by atoms with Crippen molar-refractivity contribution in [2.45, 2.75) is 32.7 Å². The molecule has 4 aromatic rings. The molecule has 2 aromatic heterocycles. The van der Waals surface area contributed by atoms with Crippen LogP contribution in [0.25, 0.3) is 16.9 Å². The van der Waals surface area contributed by atoms with Crippen LogP contribution in [0.1, 0.15) is 34.8 Å². The van der Waals surface area contributed by atoms with E-state index in [4.69, 9.17) is 26.1 Å². The van der Waals surface area contributed by atoms with Crippen LogP contribution < -0.4 is 10.1 Å². The quantitative estimate of drug-likeness (QED) is 0.287. The van der Waals surface area contributed by atoms with E-state index >= 15 is 0 Å². The number of aromatic nitrogens is 2. The van der Waals surface area contributed by atoms with Crippen LogP contribution >= 0.6 is 11.6 Å². The highest BCUT2D eigenvalue weighted by Gasteiger charge is 2.21. The third-order valence-corrected chi connectivity index (χ3v) is 7.28. The van der Waals surface area contributed by atoms with Crippen molar-refractivity contribution in [2.75, 3.05) is 39.5 Å². The first kappa shape index (κ1) is 27.2. The van der Waals surface area contributed by atoms with Crippen molar-refractivity contribution >= 4 is 23.2 Å². The lowest BCUT2D eigenvalue weighted by molar-refractivity contribution is 0.0333. The van der Waals surface area contributed by atoms with Gasteiger partial charge in [0.2, 0.25) is 0 Å². The third-order valence-electron chi connectivity index (χ3n) is 6.98. The Morgan fingerprint density at radius 3 is 2.67 bits per heavy atom. The van der Waals surface area contributed by atoms with Crippen LogP contribution in [0.3, 0.4) is 0 Å². The van der Waals surface area contributed by atoms with Gasteiger partial charge in [0.1, 0.15) is 11.4 Å². The molecule has 1 fully saturated rings. The van der Waals surface area contributed by atoms with Gasteiger partial charge in [-0.3, -0.25) is 9.69 Å². The molecular formula is C31H35ClN4O3. The van der Waals surface area contributed by atoms with Gasteiger partial charge in [-0.15, -0.1) is 0 Å². The first-order valence-corrected chi connectivity index (χ1v) is 13.9. The van der Waals surface area contributed by atoms with E-state index in [-0.39, 0.29) is 11.9 Å². The van der Waals surface area contributed by atoms with Crippen molar-refractivity contribution in [3.05, 3.63) is 88.7 Å². The lowest BCUT2D eigenvalue weighted by Gasteiger charge is -2.31. The molecule has 7 nitrogen and oxygen atoms in total. The van der Waals surface area contributed by atoms with Crippen LogP contribution in [-0.2, 0) is 11.2 Å². The molecule has 1 atom stereocenters. The van der Waals surface area contributed by atoms with E-state index < -0.39 is 0 Å². The van der Waals surface area contributed by atoms with Crippen LogP contribution in [0.5, 0.6) is 5.75 Å². The number of halogens is 1. The number of nitrogens with one attached hydrogen (secondary N) is 1. The van der Waals surface area contributed by atoms with Crippen molar-refractivity contribution in [3.63, 3.8) is 0 Å². The van der Waals surface area contributed by atoms with Gasteiger partial charge >= 0.3 is 0 Å². The Hall–Kier alpha value is -3.39. The lowest BCUT2D eigenvalue weighted by atomic mass is 10.0. The Balaban J connectivity index is 1.30. The second-order valence-electron chi connectivity index (χ2n) is 10.0. The second-order valence-corrected chi connectivity index (χ2v) is 10.4. The van der Waals surface area contributed by atoms with Gasteiger partial charge in [-0.05, 0) is 55.2 Å². The number of imidazole rings is 1. The number of hydrogen-bond acceptors (Lipinski definition) is 5. The van der Waals surface area contributed by atoms with Crippen LogP contribution in [0.4, 0.5) is 0 Å². The van der Waals surface area contributed by atoms with Gasteiger partial charge in [0.15, 0.2) is 0 Å². The number of morpholine rings is 1. The second kappa shape index (κ2) is 12.6. The molecule has 1 amide bonds. The van der Waals surface area contributed by atoms with E-state index in [1.54, 1.807) is 18.2 Å². The smallest absolute Gasteiger partial charge is 0.251 e. The van der Waals surface area contributed by atoms with Gasteiger partial charge in [-0.1, -0.05) is 48.9 Å². The standard InChI is InChI=1S/C31H35ClN4O3/c1-3-15-39-29-11-10-25(19-27(29)32)31(37)33-26(20-35-13-16-38-17-14-35)18-23-6-8-24(9-7-23)28-21-36-12-4-5-22(2)30(36)34-28/h4-12,19,21,26H,3,13-18,20H2,1-2H3,(H,33,37)/t26-/m0/s1. The van der Waals surface area contributed by atoms with Crippen molar-refractivity contribution in [1.82, 2.24) is 19.6 Å². The Labute approximate surface area is 234 Å². The molecule has 204 valence electrons. The zero-order chi connectivity index (χ0) is 27.2. The van der Waals surface area contributed by atoms with Gasteiger partial charge in [0.05, 0.1) is 30.5 Å². The molecule has 0 saturated carbocycles. The zero-order valence-electron chi connectivity index (χ0n) is 22.5. The summed E-state index contributed by atoms with van der Waals surface area (Å²) in [7, 11) is 0. The maximum Gasteiger partial charge on any atom is 0.251 e. The molecule has 5 rings (SSSR count). The minimum Gasteiger partial charge on any atom is -0.492 e. The lowest BCUT2D eigenvalue weighted by Crippen LogP contribution is -2.48. The fourth-order valence-electron chi connectivity index (χ4n) is 4.89. The van der Waals surface area contributed by atoms with Crippen LogP contribution in [0.2, 0.25) is 5.02 Å². The molecule has 39 heavy (non-hydrogen) atoms. The summed E-state index contributed by atoms with van der Waals surface area (Å²) in [4.78, 5) is 20.4. The van der Waals surface area contributed by atoms with E-state index in [9.17, 15) is 4.79 Å². The molecule has 0 aliphatic carbocycles. The minimum absolute atomic E-state index is 0.0749. The number of benzene rings is 2. The van der Waals surface area contributed by atoms with Crippen molar-refractivity contribution < 1.29 is 14.3 Å². The van der Waals surface area contributed by atoms with E-state index in [0.717, 1.165) is 54.1 Å². The number of ether oxygens (including phenoxy) is 2. The number of nitrogens with zero attached hydrogens (tertiary/aromatic N) is 3. The van der Waals surface area contributed by atoms with Crippen LogP contribution in [-0.4, -0.2) is 65.7 Å². The van der Waals surface area contributed by atoms with Crippen molar-refractivity contribution in [3.8, 4) is 17.0 Å². The minimum atomic E-state index is -0.145. The number of rotatable bonds is 10. The van der Waals surface area contributed by atoms with Gasteiger partial charge < -0.3 is 19.2 Å². The molecule has 1 aliphatic rings. The summed E-state index contributed by atoms with van der Waals surface area (Å²) in [5.74, 6) is 0.453. The summed E-state index contributed by atoms with van der Waals surface area (Å²) in [5.41, 5.74) is 5.79. The maximum absolute atomic E-state index is 13.3. The third kappa shape index (κ3) is 6.79. The highest BCUT2D eigenvalue weighted by Crippen LogP contribution is 2.26. The molecule has 8 heteroatoms. The summed E-state index contributed by atoms with van der Waals surface area (Å²) < 4.78 is 13.2. The van der Waals surface area contributed by atoms with Crippen molar-refractivity contribution in [1.29, 1.82) is 0 Å². The number of amides is 1. The number of pyridine rings is 1. The van der Waals surface area contributed by atoms with Gasteiger partial charge in [-0.25, -0.2) is 4.98 Å². The van der Waals surface area contributed by atoms with Gasteiger partial charge in [0.25, 0.3) is 5.91 Å². The molecular weight excluding hydrogens is 512 g/mol. The number of carbonyl (C=O) groups excluding carboxylic acids is 1. The predicted molar refractivity (Wildman–Crippen MR) is 155 cm³/mol. The highest BCUT2D eigenvalue weighted by molar-refractivity contribution is 6.32. The molecule has 0 unspecified atom stereocenters. The molecule has 0 bridgehead atoms. The number of hydrogen-bond donors (Lipinski definition) is 1. The van der Waals surface area contributed by atoms with E-state index in [2.05, 4.69) is 58.1 Å². The summed E-state index contributed by atoms with van der Waals surface area (Å²) in [6.45, 7) is 8.57.